The summed E-state index contributed by atoms with van der Waals surface area (Å²) in [5, 5.41) is 2.84. The lowest BCUT2D eigenvalue weighted by molar-refractivity contribution is 0.174. The minimum atomic E-state index is -0.673. The number of ether oxygens (including phenoxy) is 2. The van der Waals surface area contributed by atoms with Gasteiger partial charge in [-0.25, -0.2) is 24.6 Å². The maximum absolute atomic E-state index is 13.0. The van der Waals surface area contributed by atoms with E-state index in [1.54, 1.807) is 19.1 Å². The zero-order chi connectivity index (χ0) is 22.1. The number of nitrogens with one attached hydrogen (secondary N) is 3. The monoisotopic (exact) mass is 432 g/mol. The normalized spacial score (nSPS) is 22.8. The number of carbonyl (C=O) groups is 1. The Hall–Kier alpha value is -4.28. The number of H-pyrrole nitrogens is 2. The summed E-state index contributed by atoms with van der Waals surface area (Å²) in [6.07, 6.45) is 0. The number of aromatic nitrogens is 2. The number of amidine groups is 1. The second-order valence-corrected chi connectivity index (χ2v) is 7.85. The van der Waals surface area contributed by atoms with Gasteiger partial charge < -0.3 is 14.8 Å². The van der Waals surface area contributed by atoms with Crippen LogP contribution in [0.1, 0.15) is 30.9 Å². The summed E-state index contributed by atoms with van der Waals surface area (Å²) in [6.45, 7) is 3.69. The van der Waals surface area contributed by atoms with Gasteiger partial charge in [0.05, 0.1) is 11.5 Å². The van der Waals surface area contributed by atoms with Gasteiger partial charge in [0.15, 0.2) is 17.3 Å². The van der Waals surface area contributed by atoms with Crippen molar-refractivity contribution in [1.82, 2.24) is 15.3 Å². The van der Waals surface area contributed by atoms with Crippen LogP contribution in [0.5, 0.6) is 11.5 Å². The van der Waals surface area contributed by atoms with Crippen molar-refractivity contribution in [2.24, 2.45) is 20.9 Å². The fourth-order valence-electron chi connectivity index (χ4n) is 4.68. The summed E-state index contributed by atoms with van der Waals surface area (Å²) in [6, 6.07) is 4.86. The van der Waals surface area contributed by atoms with E-state index in [9.17, 15) is 14.4 Å². The van der Waals surface area contributed by atoms with Crippen LogP contribution in [0.3, 0.4) is 0 Å². The maximum atomic E-state index is 13.0. The quantitative estimate of drug-likeness (QED) is 0.624. The van der Waals surface area contributed by atoms with Crippen molar-refractivity contribution in [1.29, 1.82) is 0 Å². The van der Waals surface area contributed by atoms with Crippen LogP contribution >= 0.6 is 0 Å². The summed E-state index contributed by atoms with van der Waals surface area (Å²) in [5.74, 6) is 0.561. The van der Waals surface area contributed by atoms with E-state index in [-0.39, 0.29) is 24.1 Å². The Morgan fingerprint density at radius 1 is 0.938 bits per heavy atom. The summed E-state index contributed by atoms with van der Waals surface area (Å²) in [5.41, 5.74) is 2.16. The molecule has 4 aliphatic heterocycles. The number of aliphatic imine (C=N–C) groups is 3. The number of carbonyl (C=O) groups excluding carboxylic acids is 1. The van der Waals surface area contributed by atoms with E-state index in [0.29, 0.717) is 45.6 Å². The largest absolute Gasteiger partial charge is 0.454 e. The lowest BCUT2D eigenvalue weighted by Crippen LogP contribution is -2.44. The topological polar surface area (TPSA) is 150 Å². The smallest absolute Gasteiger partial charge is 0.345 e. The number of dihydropyridines is 1. The number of aromatic amines is 2. The molecule has 11 nitrogen and oxygen atoms in total. The van der Waals surface area contributed by atoms with Gasteiger partial charge in [0.25, 0.3) is 5.56 Å². The zero-order valence-corrected chi connectivity index (χ0v) is 17.0. The van der Waals surface area contributed by atoms with Crippen LogP contribution in [0.25, 0.3) is 0 Å². The third-order valence-corrected chi connectivity index (χ3v) is 5.94. The second kappa shape index (κ2) is 6.36. The van der Waals surface area contributed by atoms with Gasteiger partial charge in [-0.05, 0) is 31.5 Å². The van der Waals surface area contributed by atoms with Gasteiger partial charge in [-0.15, -0.1) is 0 Å². The molecule has 2 atom stereocenters. The van der Waals surface area contributed by atoms with Gasteiger partial charge in [0.2, 0.25) is 6.79 Å². The Kier molecular flexibility index (Phi) is 3.67. The summed E-state index contributed by atoms with van der Waals surface area (Å²) >= 11 is 0. The van der Waals surface area contributed by atoms with Crippen LogP contribution in [0.4, 0.5) is 10.6 Å². The molecule has 11 heteroatoms. The van der Waals surface area contributed by atoms with Gasteiger partial charge in [0, 0.05) is 28.6 Å². The molecule has 4 aliphatic rings. The Morgan fingerprint density at radius 3 is 2.56 bits per heavy atom. The van der Waals surface area contributed by atoms with Crippen LogP contribution in [0.15, 0.2) is 54.0 Å². The van der Waals surface area contributed by atoms with Crippen molar-refractivity contribution in [2.75, 3.05) is 6.79 Å². The first kappa shape index (κ1) is 18.5. The second-order valence-electron chi connectivity index (χ2n) is 7.85. The van der Waals surface area contributed by atoms with E-state index in [0.717, 1.165) is 0 Å². The fourth-order valence-corrected chi connectivity index (χ4v) is 4.68. The average Bonchev–Trinajstić information content (AvgIpc) is 3.19. The van der Waals surface area contributed by atoms with Crippen LogP contribution in [-0.4, -0.2) is 40.1 Å². The van der Waals surface area contributed by atoms with Crippen LogP contribution in [-0.2, 0) is 0 Å². The molecule has 6 rings (SSSR count). The highest BCUT2D eigenvalue weighted by atomic mass is 16.7. The Labute approximate surface area is 179 Å². The number of amides is 2. The van der Waals surface area contributed by atoms with Gasteiger partial charge >= 0.3 is 11.7 Å². The molecular formula is C21H16N6O5. The van der Waals surface area contributed by atoms with Crippen molar-refractivity contribution < 1.29 is 14.3 Å². The van der Waals surface area contributed by atoms with Crippen molar-refractivity contribution in [2.45, 2.75) is 19.8 Å². The Balaban J connectivity index is 1.69. The molecule has 160 valence electrons. The molecule has 1 aromatic heterocycles. The average molecular weight is 432 g/mol. The first-order valence-corrected chi connectivity index (χ1v) is 9.91. The minimum Gasteiger partial charge on any atom is -0.454 e. The Bertz CT molecular complexity index is 1470. The fraction of sp³-hybridized carbons (Fsp3) is 0.238. The van der Waals surface area contributed by atoms with Gasteiger partial charge in [0.1, 0.15) is 5.82 Å². The summed E-state index contributed by atoms with van der Waals surface area (Å²) in [4.78, 5) is 55.3. The van der Waals surface area contributed by atoms with Crippen molar-refractivity contribution in [3.8, 4) is 11.5 Å². The molecule has 0 radical (unpaired) electrons. The van der Waals surface area contributed by atoms with Gasteiger partial charge in [-0.2, -0.15) is 0 Å². The molecule has 0 spiro atoms. The first-order valence-electron chi connectivity index (χ1n) is 9.91. The molecule has 0 fully saturated rings. The van der Waals surface area contributed by atoms with E-state index in [4.69, 9.17) is 9.47 Å². The first-order chi connectivity index (χ1) is 15.4. The maximum Gasteiger partial charge on any atom is 0.345 e. The van der Waals surface area contributed by atoms with Gasteiger partial charge in [-0.3, -0.25) is 14.8 Å². The van der Waals surface area contributed by atoms with Crippen LogP contribution in [0.2, 0.25) is 0 Å². The molecule has 5 heterocycles. The van der Waals surface area contributed by atoms with Crippen molar-refractivity contribution in [3.63, 3.8) is 0 Å². The van der Waals surface area contributed by atoms with Crippen molar-refractivity contribution in [3.05, 3.63) is 61.4 Å². The van der Waals surface area contributed by atoms with E-state index < -0.39 is 23.2 Å². The number of fused-ring (bicyclic) bond motifs is 4. The number of benzene rings is 1. The molecule has 0 aliphatic carbocycles. The lowest BCUT2D eigenvalue weighted by atomic mass is 9.77. The molecule has 0 saturated heterocycles. The number of rotatable bonds is 1. The van der Waals surface area contributed by atoms with Crippen LogP contribution < -0.4 is 26.0 Å². The zero-order valence-electron chi connectivity index (χ0n) is 17.0. The SMILES string of the molecule is CC1=NC(=O)NC2=C3C(=Nc4[nH]c(=O)[nH]c(=O)c4C3c3ccc4c(c3)OCO4)N=C(C)C12. The minimum absolute atomic E-state index is 0.103. The number of hydrogen-bond donors (Lipinski definition) is 3. The number of allylic oxidation sites excluding steroid dienone is 1. The highest BCUT2D eigenvalue weighted by Crippen LogP contribution is 2.46. The highest BCUT2D eigenvalue weighted by molar-refractivity contribution is 6.22. The third kappa shape index (κ3) is 2.54. The molecular weight excluding hydrogens is 416 g/mol. The van der Waals surface area contributed by atoms with Crippen LogP contribution in [0, 0.1) is 5.92 Å². The molecule has 2 amide bonds. The number of hydrogen-bond acceptors (Lipinski definition) is 7. The van der Waals surface area contributed by atoms with E-state index in [2.05, 4.69) is 30.3 Å². The molecule has 3 N–H and O–H groups in total. The standard InChI is InChI=1S/C21H16N6O5/c1-7-12-8(2)23-20(29)24-16(12)14-13(9-3-4-10-11(5-9)32-6-31-10)15-18(25-17(14)22-7)26-21(30)27-19(15)28/h3-5,12-13H,6H2,1-2H3,(H,24,29)(H2,26,27,28,30). The predicted molar refractivity (Wildman–Crippen MR) is 114 cm³/mol. The summed E-state index contributed by atoms with van der Waals surface area (Å²) < 4.78 is 10.9. The molecule has 1 aromatic carbocycles. The van der Waals surface area contributed by atoms with E-state index in [1.165, 1.54) is 0 Å². The van der Waals surface area contributed by atoms with Gasteiger partial charge in [-0.1, -0.05) is 6.07 Å². The van der Waals surface area contributed by atoms with E-state index >= 15 is 0 Å². The Morgan fingerprint density at radius 2 is 1.72 bits per heavy atom. The lowest BCUT2D eigenvalue weighted by Gasteiger charge is -2.35. The summed E-state index contributed by atoms with van der Waals surface area (Å²) in [7, 11) is 0. The molecule has 32 heavy (non-hydrogen) atoms. The van der Waals surface area contributed by atoms with E-state index in [1.807, 2.05) is 13.0 Å². The molecule has 2 aromatic rings. The number of nitrogens with zero attached hydrogens (tertiary/aromatic N) is 3. The third-order valence-electron chi connectivity index (χ3n) is 5.94. The van der Waals surface area contributed by atoms with Crippen molar-refractivity contribution >= 4 is 29.1 Å². The molecule has 2 unspecified atom stereocenters. The molecule has 0 saturated carbocycles. The molecule has 0 bridgehead atoms. The number of urea groups is 1. The highest BCUT2D eigenvalue weighted by Gasteiger charge is 2.42. The predicted octanol–water partition coefficient (Wildman–Crippen LogP) is 1.50.